The van der Waals surface area contributed by atoms with Gasteiger partial charge >= 0.3 is 0 Å². The van der Waals surface area contributed by atoms with Crippen LogP contribution in [-0.4, -0.2) is 43.0 Å². The van der Waals surface area contributed by atoms with Crippen molar-refractivity contribution in [3.63, 3.8) is 0 Å². The van der Waals surface area contributed by atoms with Gasteiger partial charge in [-0.15, -0.1) is 0 Å². The molecular weight excluding hydrogens is 304 g/mol. The maximum Gasteiger partial charge on any atom is 0.223 e. The van der Waals surface area contributed by atoms with Gasteiger partial charge in [-0.3, -0.25) is 9.59 Å². The summed E-state index contributed by atoms with van der Waals surface area (Å²) in [6.07, 6.45) is 5.09. The highest BCUT2D eigenvalue weighted by Gasteiger charge is 2.32. The lowest BCUT2D eigenvalue weighted by Gasteiger charge is -2.32. The largest absolute Gasteiger partial charge is 0.497 e. The van der Waals surface area contributed by atoms with E-state index in [1.165, 1.54) is 0 Å². The standard InChI is InChI=1S/C19H26N2O3/c1-24-17-7-2-14(3-8-17)4-9-18(22)21-12-10-16(11-13-21)20-19(23)15-5-6-15/h2-3,7-8,15-16H,4-6,9-13H2,1H3,(H,20,23). The Morgan fingerprint density at radius 3 is 2.38 bits per heavy atom. The Labute approximate surface area is 143 Å². The van der Waals surface area contributed by atoms with Crippen LogP contribution in [0.4, 0.5) is 0 Å². The zero-order valence-corrected chi connectivity index (χ0v) is 14.3. The first kappa shape index (κ1) is 16.8. The van der Waals surface area contributed by atoms with Crippen molar-refractivity contribution < 1.29 is 14.3 Å². The lowest BCUT2D eigenvalue weighted by atomic mass is 10.0. The highest BCUT2D eigenvalue weighted by molar-refractivity contribution is 5.81. The Morgan fingerprint density at radius 2 is 1.79 bits per heavy atom. The molecule has 0 aromatic heterocycles. The lowest BCUT2D eigenvalue weighted by Crippen LogP contribution is -2.47. The van der Waals surface area contributed by atoms with Crippen molar-refractivity contribution in [2.75, 3.05) is 20.2 Å². The summed E-state index contributed by atoms with van der Waals surface area (Å²) in [6.45, 7) is 1.49. The van der Waals surface area contributed by atoms with Crippen molar-refractivity contribution in [3.05, 3.63) is 29.8 Å². The SMILES string of the molecule is COc1ccc(CCC(=O)N2CCC(NC(=O)C3CC3)CC2)cc1. The molecule has 2 aliphatic rings. The van der Waals surface area contributed by atoms with E-state index in [0.29, 0.717) is 6.42 Å². The van der Waals surface area contributed by atoms with Crippen LogP contribution in [0.2, 0.25) is 0 Å². The predicted octanol–water partition coefficient (Wildman–Crippen LogP) is 2.14. The number of carbonyl (C=O) groups excluding carboxylic acids is 2. The Balaban J connectivity index is 1.38. The monoisotopic (exact) mass is 330 g/mol. The number of nitrogens with one attached hydrogen (secondary N) is 1. The number of rotatable bonds is 6. The third-order valence-corrected chi connectivity index (χ3v) is 4.93. The molecule has 1 saturated carbocycles. The summed E-state index contributed by atoms with van der Waals surface area (Å²) in [5, 5.41) is 3.12. The second-order valence-electron chi connectivity index (χ2n) is 6.79. The number of likely N-dealkylation sites (tertiary alicyclic amines) is 1. The van der Waals surface area contributed by atoms with Crippen LogP contribution in [0.15, 0.2) is 24.3 Å². The average Bonchev–Trinajstić information content (AvgIpc) is 3.46. The number of nitrogens with zero attached hydrogens (tertiary/aromatic N) is 1. The molecule has 1 heterocycles. The van der Waals surface area contributed by atoms with Crippen molar-refractivity contribution in [2.45, 2.75) is 44.6 Å². The molecule has 2 fully saturated rings. The predicted molar refractivity (Wildman–Crippen MR) is 91.8 cm³/mol. The second-order valence-corrected chi connectivity index (χ2v) is 6.79. The summed E-state index contributed by atoms with van der Waals surface area (Å²) in [6, 6.07) is 8.10. The molecule has 1 saturated heterocycles. The molecule has 1 aromatic carbocycles. The topological polar surface area (TPSA) is 58.6 Å². The minimum Gasteiger partial charge on any atom is -0.497 e. The Morgan fingerprint density at radius 1 is 1.12 bits per heavy atom. The van der Waals surface area contributed by atoms with Gasteiger partial charge in [0.15, 0.2) is 0 Å². The molecule has 1 N–H and O–H groups in total. The van der Waals surface area contributed by atoms with Crippen LogP contribution >= 0.6 is 0 Å². The van der Waals surface area contributed by atoms with Crippen LogP contribution in [0.5, 0.6) is 5.75 Å². The Hall–Kier alpha value is -2.04. The Bertz CT molecular complexity index is 573. The van der Waals surface area contributed by atoms with Crippen molar-refractivity contribution in [3.8, 4) is 5.75 Å². The molecule has 5 heteroatoms. The molecule has 1 aromatic rings. The van der Waals surface area contributed by atoms with Gasteiger partial charge in [0, 0.05) is 31.5 Å². The number of hydrogen-bond donors (Lipinski definition) is 1. The van der Waals surface area contributed by atoms with Gasteiger partial charge in [0.2, 0.25) is 11.8 Å². The first-order chi connectivity index (χ1) is 11.7. The van der Waals surface area contributed by atoms with Crippen molar-refractivity contribution in [1.29, 1.82) is 0 Å². The van der Waals surface area contributed by atoms with E-state index in [4.69, 9.17) is 4.74 Å². The average molecular weight is 330 g/mol. The van der Waals surface area contributed by atoms with Crippen LogP contribution in [0.3, 0.4) is 0 Å². The number of carbonyl (C=O) groups is 2. The quantitative estimate of drug-likeness (QED) is 0.869. The number of piperidine rings is 1. The fourth-order valence-electron chi connectivity index (χ4n) is 3.14. The van der Waals surface area contributed by atoms with Crippen LogP contribution < -0.4 is 10.1 Å². The van der Waals surface area contributed by atoms with Crippen molar-refractivity contribution in [1.82, 2.24) is 10.2 Å². The van der Waals surface area contributed by atoms with E-state index in [1.807, 2.05) is 29.2 Å². The zero-order chi connectivity index (χ0) is 16.9. The molecule has 24 heavy (non-hydrogen) atoms. The summed E-state index contributed by atoms with van der Waals surface area (Å²) in [7, 11) is 1.65. The van der Waals surface area contributed by atoms with Gasteiger partial charge in [0.1, 0.15) is 5.75 Å². The number of benzene rings is 1. The molecule has 0 unspecified atom stereocenters. The highest BCUT2D eigenvalue weighted by atomic mass is 16.5. The summed E-state index contributed by atoms with van der Waals surface area (Å²) in [5.74, 6) is 1.51. The van der Waals surface area contributed by atoms with E-state index >= 15 is 0 Å². The molecule has 0 bridgehead atoms. The van der Waals surface area contributed by atoms with Crippen LogP contribution in [0.1, 0.15) is 37.7 Å². The summed E-state index contributed by atoms with van der Waals surface area (Å²) in [5.41, 5.74) is 1.15. The van der Waals surface area contributed by atoms with E-state index in [1.54, 1.807) is 7.11 Å². The fourth-order valence-corrected chi connectivity index (χ4v) is 3.14. The first-order valence-corrected chi connectivity index (χ1v) is 8.87. The summed E-state index contributed by atoms with van der Waals surface area (Å²) in [4.78, 5) is 26.1. The minimum atomic E-state index is 0.206. The van der Waals surface area contributed by atoms with Gasteiger partial charge in [-0.2, -0.15) is 0 Å². The van der Waals surface area contributed by atoms with Crippen molar-refractivity contribution in [2.24, 2.45) is 5.92 Å². The minimum absolute atomic E-state index is 0.206. The van der Waals surface area contributed by atoms with E-state index in [9.17, 15) is 9.59 Å². The summed E-state index contributed by atoms with van der Waals surface area (Å²) < 4.78 is 5.14. The first-order valence-electron chi connectivity index (χ1n) is 8.87. The number of ether oxygens (including phenoxy) is 1. The summed E-state index contributed by atoms with van der Waals surface area (Å²) >= 11 is 0. The molecule has 0 radical (unpaired) electrons. The number of hydrogen-bond acceptors (Lipinski definition) is 3. The molecule has 130 valence electrons. The molecule has 1 aliphatic heterocycles. The smallest absolute Gasteiger partial charge is 0.223 e. The molecule has 0 spiro atoms. The number of methoxy groups -OCH3 is 1. The highest BCUT2D eigenvalue weighted by Crippen LogP contribution is 2.29. The number of amides is 2. The molecule has 3 rings (SSSR count). The van der Waals surface area contributed by atoms with Crippen LogP contribution in [-0.2, 0) is 16.0 Å². The molecule has 0 atom stereocenters. The lowest BCUT2D eigenvalue weighted by molar-refractivity contribution is -0.132. The van der Waals surface area contributed by atoms with Gasteiger partial charge < -0.3 is 15.0 Å². The number of aryl methyl sites for hydroxylation is 1. The van der Waals surface area contributed by atoms with Gasteiger partial charge in [-0.05, 0) is 49.8 Å². The van der Waals surface area contributed by atoms with Crippen LogP contribution in [0.25, 0.3) is 0 Å². The van der Waals surface area contributed by atoms with E-state index in [0.717, 1.165) is 56.5 Å². The van der Waals surface area contributed by atoms with E-state index in [-0.39, 0.29) is 23.8 Å². The fraction of sp³-hybridized carbons (Fsp3) is 0.579. The molecular formula is C19H26N2O3. The third kappa shape index (κ3) is 4.49. The van der Waals surface area contributed by atoms with Gasteiger partial charge in [0.05, 0.1) is 7.11 Å². The van der Waals surface area contributed by atoms with Gasteiger partial charge in [0.25, 0.3) is 0 Å². The maximum absolute atomic E-state index is 12.4. The molecule has 1 aliphatic carbocycles. The zero-order valence-electron chi connectivity index (χ0n) is 14.3. The maximum atomic E-state index is 12.4. The van der Waals surface area contributed by atoms with Gasteiger partial charge in [-0.1, -0.05) is 12.1 Å². The van der Waals surface area contributed by atoms with E-state index < -0.39 is 0 Å². The molecule has 5 nitrogen and oxygen atoms in total. The third-order valence-electron chi connectivity index (χ3n) is 4.93. The van der Waals surface area contributed by atoms with Gasteiger partial charge in [-0.25, -0.2) is 0 Å². The van der Waals surface area contributed by atoms with E-state index in [2.05, 4.69) is 5.32 Å². The Kier molecular flexibility index (Phi) is 5.38. The normalized spacial score (nSPS) is 18.3. The molecule has 2 amide bonds. The van der Waals surface area contributed by atoms with Crippen LogP contribution in [0, 0.1) is 5.92 Å². The second kappa shape index (κ2) is 7.69. The van der Waals surface area contributed by atoms with Crippen molar-refractivity contribution >= 4 is 11.8 Å².